The van der Waals surface area contributed by atoms with E-state index in [0.717, 1.165) is 21.0 Å². The number of ether oxygens (including phenoxy) is 1. The molecule has 3 rings (SSSR count). The minimum absolute atomic E-state index is 0.0470. The summed E-state index contributed by atoms with van der Waals surface area (Å²) in [6.45, 7) is 3.39. The molecule has 0 radical (unpaired) electrons. The number of hydrogen-bond acceptors (Lipinski definition) is 6. The molecule has 0 aromatic heterocycles. The number of aliphatic carboxylic acids is 1. The molecule has 2 saturated heterocycles. The molecule has 11 heteroatoms. The Balaban J connectivity index is 1.66. The predicted octanol–water partition coefficient (Wildman–Crippen LogP) is 0.300. The van der Waals surface area contributed by atoms with Crippen molar-refractivity contribution >= 4 is 44.5 Å². The Morgan fingerprint density at radius 2 is 1.76 bits per heavy atom. The first kappa shape index (κ1) is 22.4. The van der Waals surface area contributed by atoms with E-state index in [9.17, 15) is 23.1 Å². The molecule has 2 fully saturated rings. The lowest BCUT2D eigenvalue weighted by Crippen LogP contribution is -2.59. The number of nitrogens with zero attached hydrogens (tertiary/aromatic N) is 3. The van der Waals surface area contributed by atoms with Crippen molar-refractivity contribution in [1.29, 1.82) is 0 Å². The molecule has 1 amide bonds. The van der Waals surface area contributed by atoms with Crippen molar-refractivity contribution in [2.45, 2.75) is 17.4 Å². The van der Waals surface area contributed by atoms with Gasteiger partial charge in [0.2, 0.25) is 15.9 Å². The molecule has 1 aromatic carbocycles. The van der Waals surface area contributed by atoms with Crippen molar-refractivity contribution in [2.75, 3.05) is 52.5 Å². The fourth-order valence-electron chi connectivity index (χ4n) is 3.46. The summed E-state index contributed by atoms with van der Waals surface area (Å²) in [6, 6.07) is 4.95. The summed E-state index contributed by atoms with van der Waals surface area (Å²) in [5.41, 5.74) is 0. The Bertz CT molecular complexity index is 842. The lowest BCUT2D eigenvalue weighted by atomic mass is 10.2. The van der Waals surface area contributed by atoms with Crippen LogP contribution in [0, 0.1) is 3.57 Å². The molecule has 1 N–H and O–H groups in total. The Morgan fingerprint density at radius 1 is 1.10 bits per heavy atom. The molecule has 2 aliphatic heterocycles. The molecule has 160 valence electrons. The molecular weight excluding hydrogens is 513 g/mol. The SMILES string of the molecule is O=C(O)C1CN(C(=O)CCN2CCOCC2)CCN1S(=O)(=O)c1ccc(I)cc1. The van der Waals surface area contributed by atoms with Crippen LogP contribution in [-0.4, -0.2) is 98.0 Å². The van der Waals surface area contributed by atoms with E-state index in [1.807, 2.05) is 0 Å². The summed E-state index contributed by atoms with van der Waals surface area (Å²) < 4.78 is 33.1. The van der Waals surface area contributed by atoms with E-state index < -0.39 is 22.0 Å². The van der Waals surface area contributed by atoms with Gasteiger partial charge in [0.05, 0.1) is 18.1 Å². The molecule has 0 aliphatic carbocycles. The largest absolute Gasteiger partial charge is 0.480 e. The van der Waals surface area contributed by atoms with Crippen LogP contribution in [-0.2, 0) is 24.3 Å². The highest BCUT2D eigenvalue weighted by Crippen LogP contribution is 2.23. The highest BCUT2D eigenvalue weighted by molar-refractivity contribution is 14.1. The summed E-state index contributed by atoms with van der Waals surface area (Å²) in [5.74, 6) is -1.42. The van der Waals surface area contributed by atoms with Crippen LogP contribution in [0.5, 0.6) is 0 Å². The van der Waals surface area contributed by atoms with E-state index in [1.54, 1.807) is 12.1 Å². The zero-order valence-corrected chi connectivity index (χ0v) is 18.8. The summed E-state index contributed by atoms with van der Waals surface area (Å²) in [4.78, 5) is 28.0. The monoisotopic (exact) mass is 537 g/mol. The molecule has 1 aromatic rings. The third-order valence-electron chi connectivity index (χ3n) is 5.13. The number of rotatable bonds is 6. The summed E-state index contributed by atoms with van der Waals surface area (Å²) in [7, 11) is -3.96. The van der Waals surface area contributed by atoms with Crippen molar-refractivity contribution in [3.8, 4) is 0 Å². The van der Waals surface area contributed by atoms with E-state index >= 15 is 0 Å². The Labute approximate surface area is 183 Å². The van der Waals surface area contributed by atoms with E-state index in [-0.39, 0.29) is 36.9 Å². The van der Waals surface area contributed by atoms with Crippen LogP contribution in [0.1, 0.15) is 6.42 Å². The number of sulfonamides is 1. The Hall–Kier alpha value is -1.28. The second kappa shape index (κ2) is 9.69. The summed E-state index contributed by atoms with van der Waals surface area (Å²) in [5, 5.41) is 9.63. The molecule has 1 atom stereocenters. The quantitative estimate of drug-likeness (QED) is 0.521. The van der Waals surface area contributed by atoms with Crippen molar-refractivity contribution in [3.63, 3.8) is 0 Å². The molecule has 0 spiro atoms. The molecule has 1 unspecified atom stereocenters. The molecule has 9 nitrogen and oxygen atoms in total. The highest BCUT2D eigenvalue weighted by Gasteiger charge is 2.41. The van der Waals surface area contributed by atoms with Crippen molar-refractivity contribution < 1.29 is 27.9 Å². The van der Waals surface area contributed by atoms with Crippen LogP contribution in [0.25, 0.3) is 0 Å². The van der Waals surface area contributed by atoms with Gasteiger partial charge in [-0.05, 0) is 46.9 Å². The van der Waals surface area contributed by atoms with Crippen LogP contribution >= 0.6 is 22.6 Å². The van der Waals surface area contributed by atoms with Gasteiger partial charge in [-0.15, -0.1) is 0 Å². The molecule has 0 saturated carbocycles. The van der Waals surface area contributed by atoms with Crippen LogP contribution < -0.4 is 0 Å². The fourth-order valence-corrected chi connectivity index (χ4v) is 5.38. The summed E-state index contributed by atoms with van der Waals surface area (Å²) in [6.07, 6.45) is 0.274. The molecule has 2 aliphatic rings. The average Bonchev–Trinajstić information content (AvgIpc) is 2.72. The lowest BCUT2D eigenvalue weighted by Gasteiger charge is -2.38. The number of carbonyl (C=O) groups excluding carboxylic acids is 1. The third-order valence-corrected chi connectivity index (χ3v) is 7.78. The maximum absolute atomic E-state index is 13.0. The Morgan fingerprint density at radius 3 is 2.38 bits per heavy atom. The standard InChI is InChI=1S/C18H24IN3O6S/c19-14-1-3-15(4-2-14)29(26,27)22-8-7-21(13-16(22)18(24)25)17(23)5-6-20-9-11-28-12-10-20/h1-4,16H,5-13H2,(H,24,25). The maximum Gasteiger partial charge on any atom is 0.323 e. The van der Waals surface area contributed by atoms with Crippen molar-refractivity contribution in [1.82, 2.24) is 14.1 Å². The number of piperazine rings is 1. The van der Waals surface area contributed by atoms with Crippen molar-refractivity contribution in [2.24, 2.45) is 0 Å². The maximum atomic E-state index is 13.0. The number of morpholine rings is 1. The normalized spacial score (nSPS) is 21.8. The number of hydrogen-bond donors (Lipinski definition) is 1. The third kappa shape index (κ3) is 5.45. The Kier molecular flexibility index (Phi) is 7.48. The topological polar surface area (TPSA) is 107 Å². The van der Waals surface area contributed by atoms with Crippen LogP contribution in [0.3, 0.4) is 0 Å². The first-order valence-electron chi connectivity index (χ1n) is 9.37. The van der Waals surface area contributed by atoms with E-state index in [0.29, 0.717) is 19.8 Å². The molecule has 29 heavy (non-hydrogen) atoms. The van der Waals surface area contributed by atoms with Gasteiger partial charge in [0.1, 0.15) is 6.04 Å². The number of benzene rings is 1. The minimum Gasteiger partial charge on any atom is -0.480 e. The smallest absolute Gasteiger partial charge is 0.323 e. The van der Waals surface area contributed by atoms with Gasteiger partial charge in [-0.3, -0.25) is 14.5 Å². The van der Waals surface area contributed by atoms with Crippen molar-refractivity contribution in [3.05, 3.63) is 27.8 Å². The van der Waals surface area contributed by atoms with E-state index in [4.69, 9.17) is 4.74 Å². The lowest BCUT2D eigenvalue weighted by molar-refractivity contribution is -0.145. The number of carboxylic acid groups (broad SMARTS) is 1. The van der Waals surface area contributed by atoms with Gasteiger partial charge in [-0.1, -0.05) is 0 Å². The van der Waals surface area contributed by atoms with Gasteiger partial charge in [0.25, 0.3) is 0 Å². The fraction of sp³-hybridized carbons (Fsp3) is 0.556. The average molecular weight is 537 g/mol. The zero-order valence-electron chi connectivity index (χ0n) is 15.9. The number of halogens is 1. The zero-order chi connectivity index (χ0) is 21.0. The second-order valence-electron chi connectivity index (χ2n) is 6.97. The van der Waals surface area contributed by atoms with Gasteiger partial charge < -0.3 is 14.7 Å². The van der Waals surface area contributed by atoms with Gasteiger partial charge >= 0.3 is 5.97 Å². The minimum atomic E-state index is -3.96. The van der Waals surface area contributed by atoms with Gasteiger partial charge in [-0.2, -0.15) is 4.31 Å². The van der Waals surface area contributed by atoms with Gasteiger partial charge in [0.15, 0.2) is 0 Å². The highest BCUT2D eigenvalue weighted by atomic mass is 127. The number of amides is 1. The first-order chi connectivity index (χ1) is 13.8. The van der Waals surface area contributed by atoms with Crippen LogP contribution in [0.4, 0.5) is 0 Å². The molecule has 0 bridgehead atoms. The second-order valence-corrected chi connectivity index (χ2v) is 10.1. The predicted molar refractivity (Wildman–Crippen MR) is 113 cm³/mol. The van der Waals surface area contributed by atoms with E-state index in [2.05, 4.69) is 27.5 Å². The van der Waals surface area contributed by atoms with Gasteiger partial charge in [0, 0.05) is 49.3 Å². The molecule has 2 heterocycles. The van der Waals surface area contributed by atoms with Gasteiger partial charge in [-0.25, -0.2) is 8.42 Å². The number of carboxylic acids is 1. The first-order valence-corrected chi connectivity index (χ1v) is 11.9. The van der Waals surface area contributed by atoms with Crippen LogP contribution in [0.15, 0.2) is 29.2 Å². The van der Waals surface area contributed by atoms with E-state index in [1.165, 1.54) is 17.0 Å². The van der Waals surface area contributed by atoms with Crippen LogP contribution in [0.2, 0.25) is 0 Å². The summed E-state index contributed by atoms with van der Waals surface area (Å²) >= 11 is 2.07. The number of carbonyl (C=O) groups is 2. The molecular formula is C18H24IN3O6S.